The van der Waals surface area contributed by atoms with E-state index in [4.69, 9.17) is 4.74 Å². The van der Waals surface area contributed by atoms with Crippen molar-refractivity contribution in [2.75, 3.05) is 12.4 Å². The first-order valence-corrected chi connectivity index (χ1v) is 8.53. The number of nitrogens with zero attached hydrogens (tertiary/aromatic N) is 1. The van der Waals surface area contributed by atoms with E-state index in [2.05, 4.69) is 15.6 Å². The van der Waals surface area contributed by atoms with Gasteiger partial charge in [0, 0.05) is 18.3 Å². The first kappa shape index (κ1) is 17.9. The van der Waals surface area contributed by atoms with Gasteiger partial charge in [-0.2, -0.15) is 0 Å². The van der Waals surface area contributed by atoms with Gasteiger partial charge in [0.15, 0.2) is 5.13 Å². The summed E-state index contributed by atoms with van der Waals surface area (Å²) in [5.74, 6) is 0.396. The third kappa shape index (κ3) is 5.34. The summed E-state index contributed by atoms with van der Waals surface area (Å²) in [5.41, 5.74) is 1.51. The fourth-order valence-electron chi connectivity index (χ4n) is 2.13. The first-order valence-electron chi connectivity index (χ1n) is 7.65. The van der Waals surface area contributed by atoms with Crippen molar-refractivity contribution in [1.82, 2.24) is 10.3 Å². The quantitative estimate of drug-likeness (QED) is 0.807. The minimum Gasteiger partial charge on any atom is -0.497 e. The minimum absolute atomic E-state index is 0.0190. The molecule has 2 aromatic rings. The molecule has 0 aliphatic carbocycles. The van der Waals surface area contributed by atoms with Gasteiger partial charge in [0.25, 0.3) is 5.91 Å². The van der Waals surface area contributed by atoms with E-state index in [1.807, 2.05) is 31.2 Å². The molecule has 0 radical (unpaired) electrons. The number of aromatic nitrogens is 1. The number of nitrogens with one attached hydrogen (secondary N) is 2. The lowest BCUT2D eigenvalue weighted by Gasteiger charge is -2.13. The van der Waals surface area contributed by atoms with Gasteiger partial charge in [-0.1, -0.05) is 12.1 Å². The number of methoxy groups -OCH3 is 1. The van der Waals surface area contributed by atoms with Crippen molar-refractivity contribution < 1.29 is 14.3 Å². The Morgan fingerprint density at radius 2 is 2.00 bits per heavy atom. The Hall–Kier alpha value is -2.41. The maximum absolute atomic E-state index is 12.2. The van der Waals surface area contributed by atoms with E-state index in [1.165, 1.54) is 23.8 Å². The van der Waals surface area contributed by atoms with Crippen LogP contribution in [0.25, 0.3) is 0 Å². The van der Waals surface area contributed by atoms with Gasteiger partial charge in [0.05, 0.1) is 7.11 Å². The minimum atomic E-state index is -0.231. The molecule has 1 aromatic heterocycles. The lowest BCUT2D eigenvalue weighted by Crippen LogP contribution is -2.33. The average Bonchev–Trinajstić information content (AvgIpc) is 3.01. The van der Waals surface area contributed by atoms with Crippen molar-refractivity contribution in [3.8, 4) is 5.75 Å². The molecule has 1 aromatic carbocycles. The van der Waals surface area contributed by atoms with Crippen molar-refractivity contribution in [1.29, 1.82) is 0 Å². The zero-order valence-corrected chi connectivity index (χ0v) is 14.8. The maximum atomic E-state index is 12.2. The van der Waals surface area contributed by atoms with Crippen LogP contribution < -0.4 is 15.4 Å². The van der Waals surface area contributed by atoms with Gasteiger partial charge in [0.1, 0.15) is 11.4 Å². The number of rotatable bonds is 7. The van der Waals surface area contributed by atoms with E-state index < -0.39 is 0 Å². The molecule has 2 rings (SSSR count). The fraction of sp³-hybridized carbons (Fsp3) is 0.353. The second-order valence-corrected chi connectivity index (χ2v) is 6.34. The standard InChI is InChI=1S/C17H21N3O3S/c1-11(4-5-13-6-8-14(23-3)9-7-13)18-16(22)15-10-24-17(20-15)19-12(2)21/h6-11H,4-5H2,1-3H3,(H,18,22)(H,19,20,21)/t11-/m1/s1. The summed E-state index contributed by atoms with van der Waals surface area (Å²) in [7, 11) is 1.64. The number of hydrogen-bond acceptors (Lipinski definition) is 5. The fourth-order valence-corrected chi connectivity index (χ4v) is 2.87. The maximum Gasteiger partial charge on any atom is 0.271 e. The molecule has 0 aliphatic rings. The molecule has 1 heterocycles. The average molecular weight is 347 g/mol. The number of aryl methyl sites for hydroxylation is 1. The van der Waals surface area contributed by atoms with Crippen LogP contribution in [0.2, 0.25) is 0 Å². The Balaban J connectivity index is 1.82. The van der Waals surface area contributed by atoms with Crippen molar-refractivity contribution in [3.05, 3.63) is 40.9 Å². The van der Waals surface area contributed by atoms with Gasteiger partial charge >= 0.3 is 0 Å². The van der Waals surface area contributed by atoms with Gasteiger partial charge in [-0.25, -0.2) is 4.98 Å². The van der Waals surface area contributed by atoms with Crippen molar-refractivity contribution in [3.63, 3.8) is 0 Å². The smallest absolute Gasteiger partial charge is 0.271 e. The molecular formula is C17H21N3O3S. The van der Waals surface area contributed by atoms with Gasteiger partial charge in [-0.3, -0.25) is 9.59 Å². The molecular weight excluding hydrogens is 326 g/mol. The van der Waals surface area contributed by atoms with Gasteiger partial charge < -0.3 is 15.4 Å². The molecule has 6 nitrogen and oxygen atoms in total. The van der Waals surface area contributed by atoms with Crippen LogP contribution in [0.1, 0.15) is 36.3 Å². The van der Waals surface area contributed by atoms with Crippen molar-refractivity contribution in [2.45, 2.75) is 32.7 Å². The van der Waals surface area contributed by atoms with Crippen LogP contribution in [0, 0.1) is 0 Å². The highest BCUT2D eigenvalue weighted by atomic mass is 32.1. The van der Waals surface area contributed by atoms with Gasteiger partial charge in [0.2, 0.25) is 5.91 Å². The SMILES string of the molecule is COc1ccc(CC[C@@H](C)NC(=O)c2csc(NC(C)=O)n2)cc1. The summed E-state index contributed by atoms with van der Waals surface area (Å²) in [4.78, 5) is 27.2. The molecule has 0 bridgehead atoms. The number of carbonyl (C=O) groups excluding carboxylic acids is 2. The number of benzene rings is 1. The molecule has 2 N–H and O–H groups in total. The molecule has 7 heteroatoms. The summed E-state index contributed by atoms with van der Waals surface area (Å²) in [5, 5.41) is 7.56. The lowest BCUT2D eigenvalue weighted by molar-refractivity contribution is -0.114. The number of thiazole rings is 1. The van der Waals surface area contributed by atoms with E-state index in [1.54, 1.807) is 12.5 Å². The summed E-state index contributed by atoms with van der Waals surface area (Å²) in [6.07, 6.45) is 1.68. The van der Waals surface area contributed by atoms with E-state index in [0.29, 0.717) is 10.8 Å². The number of hydrogen-bond donors (Lipinski definition) is 2. The predicted molar refractivity (Wildman–Crippen MR) is 94.7 cm³/mol. The van der Waals surface area contributed by atoms with E-state index in [0.717, 1.165) is 18.6 Å². The normalized spacial score (nSPS) is 11.6. The second-order valence-electron chi connectivity index (χ2n) is 5.48. The Morgan fingerprint density at radius 3 is 2.62 bits per heavy atom. The van der Waals surface area contributed by atoms with Crippen molar-refractivity contribution >= 4 is 28.3 Å². The molecule has 0 aliphatic heterocycles. The van der Waals surface area contributed by atoms with E-state index in [-0.39, 0.29) is 17.9 Å². The molecule has 2 amide bonds. The Labute approximate surface area is 145 Å². The zero-order valence-electron chi connectivity index (χ0n) is 14.0. The van der Waals surface area contributed by atoms with E-state index >= 15 is 0 Å². The van der Waals surface area contributed by atoms with Crippen molar-refractivity contribution in [2.24, 2.45) is 0 Å². The third-order valence-corrected chi connectivity index (χ3v) is 4.18. The highest BCUT2D eigenvalue weighted by Crippen LogP contribution is 2.16. The number of carbonyl (C=O) groups is 2. The molecule has 0 saturated carbocycles. The van der Waals surface area contributed by atoms with Crippen LogP contribution in [-0.4, -0.2) is 29.9 Å². The second kappa shape index (κ2) is 8.44. The predicted octanol–water partition coefficient (Wildman–Crippen LogP) is 2.86. The Bertz CT molecular complexity index is 697. The summed E-state index contributed by atoms with van der Waals surface area (Å²) >= 11 is 1.23. The zero-order chi connectivity index (χ0) is 17.5. The van der Waals surface area contributed by atoms with Crippen LogP contribution in [0.5, 0.6) is 5.75 Å². The van der Waals surface area contributed by atoms with Gasteiger partial charge in [-0.05, 0) is 37.5 Å². The third-order valence-electron chi connectivity index (χ3n) is 3.42. The van der Waals surface area contributed by atoms with Crippen LogP contribution in [-0.2, 0) is 11.2 Å². The monoisotopic (exact) mass is 347 g/mol. The van der Waals surface area contributed by atoms with Crippen LogP contribution >= 0.6 is 11.3 Å². The highest BCUT2D eigenvalue weighted by molar-refractivity contribution is 7.14. The Morgan fingerprint density at radius 1 is 1.29 bits per heavy atom. The summed E-state index contributed by atoms with van der Waals surface area (Å²) in [6, 6.07) is 7.92. The van der Waals surface area contributed by atoms with Gasteiger partial charge in [-0.15, -0.1) is 11.3 Å². The lowest BCUT2D eigenvalue weighted by atomic mass is 10.1. The summed E-state index contributed by atoms with van der Waals surface area (Å²) in [6.45, 7) is 3.37. The molecule has 1 atom stereocenters. The molecule has 0 unspecified atom stereocenters. The number of amides is 2. The first-order chi connectivity index (χ1) is 11.5. The topological polar surface area (TPSA) is 80.3 Å². The van der Waals surface area contributed by atoms with Crippen LogP contribution in [0.15, 0.2) is 29.6 Å². The van der Waals surface area contributed by atoms with E-state index in [9.17, 15) is 9.59 Å². The van der Waals surface area contributed by atoms with Crippen LogP contribution in [0.3, 0.4) is 0 Å². The molecule has 0 spiro atoms. The Kier molecular flexibility index (Phi) is 6.31. The molecule has 0 saturated heterocycles. The largest absolute Gasteiger partial charge is 0.497 e. The molecule has 24 heavy (non-hydrogen) atoms. The molecule has 0 fully saturated rings. The summed E-state index contributed by atoms with van der Waals surface area (Å²) < 4.78 is 5.13. The number of anilines is 1. The number of ether oxygens (including phenoxy) is 1. The molecule has 128 valence electrons. The highest BCUT2D eigenvalue weighted by Gasteiger charge is 2.14. The van der Waals surface area contributed by atoms with Crippen LogP contribution in [0.4, 0.5) is 5.13 Å².